The molecule has 408 valence electrons. The minimum Gasteiger partial charge on any atom is -0.462 e. The van der Waals surface area contributed by atoms with Crippen LogP contribution in [-0.2, 0) is 38.7 Å². The number of hydrogen-bond donors (Lipinski definition) is 4. The van der Waals surface area contributed by atoms with Crippen LogP contribution < -0.4 is 0 Å². The molecular formula is C56H106O12S. The lowest BCUT2D eigenvalue weighted by Crippen LogP contribution is -2.60. The first-order valence-electron chi connectivity index (χ1n) is 28.7. The molecule has 13 heteroatoms. The van der Waals surface area contributed by atoms with Gasteiger partial charge in [-0.1, -0.05) is 244 Å². The Bertz CT molecular complexity index is 1310. The molecule has 1 aliphatic rings. The van der Waals surface area contributed by atoms with Gasteiger partial charge in [0.1, 0.15) is 36.8 Å². The fourth-order valence-corrected chi connectivity index (χ4v) is 9.85. The Labute approximate surface area is 422 Å². The largest absolute Gasteiger partial charge is 0.462 e. The van der Waals surface area contributed by atoms with Crippen LogP contribution in [0.2, 0.25) is 0 Å². The van der Waals surface area contributed by atoms with Gasteiger partial charge in [0.2, 0.25) is 0 Å². The van der Waals surface area contributed by atoms with Crippen LogP contribution >= 0.6 is 0 Å². The number of carbonyl (C=O) groups is 2. The summed E-state index contributed by atoms with van der Waals surface area (Å²) in [7, 11) is -4.61. The molecule has 0 radical (unpaired) electrons. The molecule has 1 aliphatic heterocycles. The lowest BCUT2D eigenvalue weighted by atomic mass is 10.00. The predicted octanol–water partition coefficient (Wildman–Crippen LogP) is 13.7. The van der Waals surface area contributed by atoms with Crippen molar-refractivity contribution in [3.63, 3.8) is 0 Å². The molecule has 69 heavy (non-hydrogen) atoms. The predicted molar refractivity (Wildman–Crippen MR) is 280 cm³/mol. The molecule has 1 saturated heterocycles. The highest BCUT2D eigenvalue weighted by atomic mass is 32.2. The van der Waals surface area contributed by atoms with E-state index in [4.69, 9.17) is 18.9 Å². The van der Waals surface area contributed by atoms with Crippen molar-refractivity contribution in [1.82, 2.24) is 0 Å². The maximum atomic E-state index is 12.9. The van der Waals surface area contributed by atoms with Crippen LogP contribution in [0.4, 0.5) is 0 Å². The van der Waals surface area contributed by atoms with E-state index in [1.54, 1.807) is 0 Å². The maximum absolute atomic E-state index is 12.9. The third kappa shape index (κ3) is 40.5. The highest BCUT2D eigenvalue weighted by Gasteiger charge is 2.46. The first kappa shape index (κ1) is 65.4. The Hall–Kier alpha value is -1.61. The Morgan fingerprint density at radius 3 is 1.25 bits per heavy atom. The first-order chi connectivity index (χ1) is 33.5. The summed E-state index contributed by atoms with van der Waals surface area (Å²) in [6, 6.07) is 0. The molecule has 0 aromatic rings. The van der Waals surface area contributed by atoms with Gasteiger partial charge in [0.15, 0.2) is 12.4 Å². The van der Waals surface area contributed by atoms with Crippen LogP contribution in [0.1, 0.15) is 277 Å². The van der Waals surface area contributed by atoms with Crippen LogP contribution in [0.25, 0.3) is 0 Å². The third-order valence-corrected chi connectivity index (χ3v) is 14.3. The molecule has 0 aromatic carbocycles. The second-order valence-electron chi connectivity index (χ2n) is 20.3. The van der Waals surface area contributed by atoms with Gasteiger partial charge < -0.3 is 34.3 Å². The summed E-state index contributed by atoms with van der Waals surface area (Å²) < 4.78 is 54.3. The van der Waals surface area contributed by atoms with Gasteiger partial charge in [-0.25, -0.2) is 0 Å². The molecule has 0 aliphatic carbocycles. The summed E-state index contributed by atoms with van der Waals surface area (Å²) in [5.41, 5.74) is 0. The fraction of sp³-hybridized carbons (Fsp3) is 0.929. The highest BCUT2D eigenvalue weighted by molar-refractivity contribution is 7.85. The zero-order valence-corrected chi connectivity index (χ0v) is 45.0. The minimum absolute atomic E-state index is 0.122. The molecule has 12 nitrogen and oxygen atoms in total. The lowest BCUT2D eigenvalue weighted by Gasteiger charge is -2.40. The van der Waals surface area contributed by atoms with E-state index in [1.165, 1.54) is 199 Å². The van der Waals surface area contributed by atoms with Gasteiger partial charge in [0.25, 0.3) is 10.1 Å². The number of aliphatic hydroxyl groups excluding tert-OH is 3. The summed E-state index contributed by atoms with van der Waals surface area (Å²) in [6.45, 7) is 3.81. The van der Waals surface area contributed by atoms with Crippen molar-refractivity contribution in [2.24, 2.45) is 0 Å². The first-order valence-corrected chi connectivity index (χ1v) is 30.4. The van der Waals surface area contributed by atoms with Gasteiger partial charge in [-0.3, -0.25) is 14.1 Å². The van der Waals surface area contributed by atoms with Crippen LogP contribution in [0.5, 0.6) is 0 Å². The Balaban J connectivity index is 2.31. The summed E-state index contributed by atoms with van der Waals surface area (Å²) in [5.74, 6) is -2.00. The van der Waals surface area contributed by atoms with Crippen molar-refractivity contribution in [3.05, 3.63) is 12.2 Å². The van der Waals surface area contributed by atoms with E-state index >= 15 is 0 Å². The molecule has 0 saturated carbocycles. The van der Waals surface area contributed by atoms with Crippen molar-refractivity contribution in [2.75, 3.05) is 19.0 Å². The van der Waals surface area contributed by atoms with Crippen LogP contribution in [-0.4, -0.2) is 96.0 Å². The molecule has 2 unspecified atom stereocenters. The number of rotatable bonds is 50. The van der Waals surface area contributed by atoms with E-state index in [0.717, 1.165) is 32.1 Å². The average molecular weight is 1000 g/mol. The Kier molecular flexibility index (Phi) is 43.8. The normalized spacial score (nSPS) is 19.1. The van der Waals surface area contributed by atoms with Gasteiger partial charge >= 0.3 is 11.9 Å². The SMILES string of the molecule is CCCCCCCCCCCCCCCCCCCC/C=C/CCCC(=O)O[C@H](COC(=O)CCCCCCCCCCCCCCCCCCCC)CO[C@H]1O[C@H](CS(=O)(=O)O)[C@@H](O)C(O)C1O. The van der Waals surface area contributed by atoms with Crippen LogP contribution in [0.15, 0.2) is 12.2 Å². The molecule has 0 aromatic heterocycles. The molecule has 0 amide bonds. The van der Waals surface area contributed by atoms with Crippen molar-refractivity contribution in [3.8, 4) is 0 Å². The average Bonchev–Trinajstić information content (AvgIpc) is 3.32. The van der Waals surface area contributed by atoms with E-state index in [0.29, 0.717) is 19.3 Å². The van der Waals surface area contributed by atoms with Crippen molar-refractivity contribution < 1.29 is 56.8 Å². The van der Waals surface area contributed by atoms with E-state index in [1.807, 2.05) is 0 Å². The number of unbranched alkanes of at least 4 members (excludes halogenated alkanes) is 36. The molecule has 0 spiro atoms. The molecule has 1 fully saturated rings. The molecule has 1 heterocycles. The smallest absolute Gasteiger partial charge is 0.306 e. The summed E-state index contributed by atoms with van der Waals surface area (Å²) in [5, 5.41) is 31.0. The second kappa shape index (κ2) is 46.2. The molecule has 6 atom stereocenters. The molecule has 0 bridgehead atoms. The van der Waals surface area contributed by atoms with Crippen molar-refractivity contribution >= 4 is 22.1 Å². The minimum atomic E-state index is -4.61. The molecular weight excluding hydrogens is 897 g/mol. The number of allylic oxidation sites excluding steroid dienone is 2. The number of ether oxygens (including phenoxy) is 4. The van der Waals surface area contributed by atoms with Gasteiger partial charge in [0, 0.05) is 12.8 Å². The Morgan fingerprint density at radius 1 is 0.478 bits per heavy atom. The lowest BCUT2D eigenvalue weighted by molar-refractivity contribution is -0.297. The van der Waals surface area contributed by atoms with Crippen molar-refractivity contribution in [1.29, 1.82) is 0 Å². The third-order valence-electron chi connectivity index (χ3n) is 13.6. The molecule has 1 rings (SSSR count). The monoisotopic (exact) mass is 1000 g/mol. The topological polar surface area (TPSA) is 186 Å². The number of esters is 2. The summed E-state index contributed by atoms with van der Waals surface area (Å²) >= 11 is 0. The van der Waals surface area contributed by atoms with Gasteiger partial charge in [-0.2, -0.15) is 8.42 Å². The van der Waals surface area contributed by atoms with Gasteiger partial charge in [-0.15, -0.1) is 0 Å². The fourth-order valence-electron chi connectivity index (χ4n) is 9.16. The van der Waals surface area contributed by atoms with Gasteiger partial charge in [0.05, 0.1) is 6.61 Å². The van der Waals surface area contributed by atoms with E-state index in [-0.39, 0.29) is 19.4 Å². The molecule has 4 N–H and O–H groups in total. The standard InChI is InChI=1S/C56H106O12S/c1-3-5-7-9-11-13-15-17-19-21-23-24-25-26-27-29-31-33-35-37-39-41-43-45-52(58)67-49(47-66-56-55(61)54(60)53(59)50(68-56)48-69(62,63)64)46-65-51(57)44-42-40-38-36-34-32-30-28-22-20-18-16-14-12-10-8-6-4-2/h37,39,49-50,53-56,59-61H,3-36,38,40-48H2,1-2H3,(H,62,63,64)/b39-37+/t49-,50-,53-,54?,55?,56+/m1/s1. The second-order valence-corrected chi connectivity index (χ2v) is 21.8. The van der Waals surface area contributed by atoms with Crippen molar-refractivity contribution in [2.45, 2.75) is 314 Å². The van der Waals surface area contributed by atoms with E-state index in [2.05, 4.69) is 26.0 Å². The maximum Gasteiger partial charge on any atom is 0.306 e. The zero-order chi connectivity index (χ0) is 50.5. The number of aliphatic hydroxyl groups is 3. The summed E-state index contributed by atoms with van der Waals surface area (Å²) in [6.07, 6.45) is 44.1. The Morgan fingerprint density at radius 2 is 0.841 bits per heavy atom. The van der Waals surface area contributed by atoms with E-state index < -0.39 is 71.2 Å². The van der Waals surface area contributed by atoms with Crippen LogP contribution in [0.3, 0.4) is 0 Å². The summed E-state index contributed by atoms with van der Waals surface area (Å²) in [4.78, 5) is 25.6. The number of hydrogen-bond acceptors (Lipinski definition) is 11. The van der Waals surface area contributed by atoms with E-state index in [9.17, 15) is 37.9 Å². The zero-order valence-electron chi connectivity index (χ0n) is 44.2. The highest BCUT2D eigenvalue weighted by Crippen LogP contribution is 2.24. The van der Waals surface area contributed by atoms with Crippen LogP contribution in [0, 0.1) is 0 Å². The number of carbonyl (C=O) groups excluding carboxylic acids is 2. The van der Waals surface area contributed by atoms with Gasteiger partial charge in [-0.05, 0) is 32.1 Å². The quantitative estimate of drug-likeness (QED) is 0.0196.